The molecule has 0 saturated carbocycles. The molecule has 28 heavy (non-hydrogen) atoms. The van der Waals surface area contributed by atoms with E-state index in [4.69, 9.17) is 9.26 Å². The van der Waals surface area contributed by atoms with Crippen LogP contribution >= 0.6 is 0 Å². The molecule has 0 N–H and O–H groups in total. The van der Waals surface area contributed by atoms with Gasteiger partial charge in [0.05, 0.1) is 13.7 Å². The summed E-state index contributed by atoms with van der Waals surface area (Å²) < 4.78 is 10.6. The summed E-state index contributed by atoms with van der Waals surface area (Å²) in [6.45, 7) is 5.92. The number of rotatable bonds is 7. The van der Waals surface area contributed by atoms with Crippen LogP contribution in [0, 0.1) is 0 Å². The molecule has 0 atom stereocenters. The van der Waals surface area contributed by atoms with Gasteiger partial charge in [0.1, 0.15) is 5.75 Å². The Labute approximate surface area is 164 Å². The molecule has 1 aromatic carbocycles. The van der Waals surface area contributed by atoms with Crippen molar-refractivity contribution in [2.24, 2.45) is 0 Å². The van der Waals surface area contributed by atoms with Gasteiger partial charge in [0.15, 0.2) is 0 Å². The van der Waals surface area contributed by atoms with Gasteiger partial charge in [-0.05, 0) is 48.4 Å². The second-order valence-electron chi connectivity index (χ2n) is 6.96. The first-order valence-electron chi connectivity index (χ1n) is 9.61. The molecular weight excluding hydrogens is 354 g/mol. The summed E-state index contributed by atoms with van der Waals surface area (Å²) in [5.41, 5.74) is 2.27. The second-order valence-corrected chi connectivity index (χ2v) is 6.96. The lowest BCUT2D eigenvalue weighted by Crippen LogP contribution is -2.46. The molecule has 1 fully saturated rings. The largest absolute Gasteiger partial charge is 0.497 e. The molecular formula is C21H25N5O2. The number of piperazine rings is 1. The molecule has 0 amide bonds. The lowest BCUT2D eigenvalue weighted by atomic mass is 10.2. The molecule has 1 aliphatic rings. The van der Waals surface area contributed by atoms with Crippen molar-refractivity contribution >= 4 is 0 Å². The zero-order valence-corrected chi connectivity index (χ0v) is 16.1. The number of hydrogen-bond donors (Lipinski definition) is 0. The van der Waals surface area contributed by atoms with Gasteiger partial charge in [-0.15, -0.1) is 0 Å². The topological polar surface area (TPSA) is 67.5 Å². The number of benzene rings is 1. The van der Waals surface area contributed by atoms with Crippen molar-refractivity contribution in [2.45, 2.75) is 13.0 Å². The van der Waals surface area contributed by atoms with Crippen molar-refractivity contribution in [3.8, 4) is 17.1 Å². The molecule has 3 heterocycles. The van der Waals surface area contributed by atoms with Gasteiger partial charge in [-0.2, -0.15) is 4.98 Å². The number of aromatic nitrogens is 3. The first-order valence-corrected chi connectivity index (χ1v) is 9.61. The summed E-state index contributed by atoms with van der Waals surface area (Å²) in [7, 11) is 1.65. The van der Waals surface area contributed by atoms with E-state index in [-0.39, 0.29) is 0 Å². The van der Waals surface area contributed by atoms with Crippen LogP contribution in [0.3, 0.4) is 0 Å². The normalized spacial score (nSPS) is 15.6. The lowest BCUT2D eigenvalue weighted by molar-refractivity contribution is 0.118. The van der Waals surface area contributed by atoms with Crippen LogP contribution < -0.4 is 4.74 Å². The Balaban J connectivity index is 1.25. The zero-order valence-electron chi connectivity index (χ0n) is 16.1. The summed E-state index contributed by atoms with van der Waals surface area (Å²) in [6.07, 6.45) is 4.78. The average molecular weight is 379 g/mol. The van der Waals surface area contributed by atoms with E-state index in [1.165, 1.54) is 5.56 Å². The van der Waals surface area contributed by atoms with Crippen molar-refractivity contribution in [3.05, 3.63) is 60.2 Å². The highest BCUT2D eigenvalue weighted by atomic mass is 16.5. The molecule has 0 radical (unpaired) electrons. The lowest BCUT2D eigenvalue weighted by Gasteiger charge is -2.33. The molecule has 1 saturated heterocycles. The molecule has 0 unspecified atom stereocenters. The van der Waals surface area contributed by atoms with Crippen LogP contribution in [0.2, 0.25) is 0 Å². The van der Waals surface area contributed by atoms with Gasteiger partial charge in [0, 0.05) is 50.7 Å². The van der Waals surface area contributed by atoms with Crippen molar-refractivity contribution in [3.63, 3.8) is 0 Å². The van der Waals surface area contributed by atoms with E-state index in [2.05, 4.69) is 37.1 Å². The summed E-state index contributed by atoms with van der Waals surface area (Å²) in [4.78, 5) is 13.5. The molecule has 4 rings (SSSR count). The SMILES string of the molecule is COc1ccc(-c2noc(CN3CCN(CCc4ccncc4)CC3)n2)cc1. The van der Waals surface area contributed by atoms with Crippen LogP contribution in [0.4, 0.5) is 0 Å². The smallest absolute Gasteiger partial charge is 0.241 e. The predicted octanol–water partition coefficient (Wildman–Crippen LogP) is 2.50. The van der Waals surface area contributed by atoms with Crippen molar-refractivity contribution < 1.29 is 9.26 Å². The summed E-state index contributed by atoms with van der Waals surface area (Å²) in [6, 6.07) is 11.9. The van der Waals surface area contributed by atoms with Crippen molar-refractivity contribution in [2.75, 3.05) is 39.8 Å². The first-order chi connectivity index (χ1) is 13.8. The summed E-state index contributed by atoms with van der Waals surface area (Å²) >= 11 is 0. The third-order valence-corrected chi connectivity index (χ3v) is 5.11. The molecule has 146 valence electrons. The van der Waals surface area contributed by atoms with E-state index < -0.39 is 0 Å². The minimum Gasteiger partial charge on any atom is -0.497 e. The summed E-state index contributed by atoms with van der Waals surface area (Å²) in [5, 5.41) is 4.12. The van der Waals surface area contributed by atoms with Crippen LogP contribution in [0.1, 0.15) is 11.5 Å². The molecule has 0 aliphatic carbocycles. The number of methoxy groups -OCH3 is 1. The molecule has 7 heteroatoms. The fourth-order valence-corrected chi connectivity index (χ4v) is 3.38. The highest BCUT2D eigenvalue weighted by Gasteiger charge is 2.19. The number of pyridine rings is 1. The average Bonchev–Trinajstić information content (AvgIpc) is 3.22. The molecule has 3 aromatic rings. The predicted molar refractivity (Wildman–Crippen MR) is 106 cm³/mol. The molecule has 2 aromatic heterocycles. The number of nitrogens with zero attached hydrogens (tertiary/aromatic N) is 5. The van der Waals surface area contributed by atoms with Crippen LogP contribution in [-0.2, 0) is 13.0 Å². The first kappa shape index (κ1) is 18.6. The van der Waals surface area contributed by atoms with Gasteiger partial charge in [-0.25, -0.2) is 0 Å². The Morgan fingerprint density at radius 3 is 2.39 bits per heavy atom. The quantitative estimate of drug-likeness (QED) is 0.625. The zero-order chi connectivity index (χ0) is 19.2. The second kappa shape index (κ2) is 8.95. The maximum absolute atomic E-state index is 5.46. The third-order valence-electron chi connectivity index (χ3n) is 5.11. The Bertz CT molecular complexity index is 858. The molecule has 0 bridgehead atoms. The van der Waals surface area contributed by atoms with Crippen LogP contribution in [0.15, 0.2) is 53.3 Å². The standard InChI is InChI=1S/C21H25N5O2/c1-27-19-4-2-18(3-5-19)21-23-20(28-24-21)16-26-14-12-25(13-15-26)11-8-17-6-9-22-10-7-17/h2-7,9-10H,8,11-16H2,1H3. The minimum absolute atomic E-state index is 0.619. The maximum atomic E-state index is 5.46. The van der Waals surface area contributed by atoms with Crippen molar-refractivity contribution in [1.82, 2.24) is 24.9 Å². The molecule has 1 aliphatic heterocycles. The van der Waals surface area contributed by atoms with E-state index >= 15 is 0 Å². The van der Waals surface area contributed by atoms with Gasteiger partial charge in [-0.1, -0.05) is 5.16 Å². The highest BCUT2D eigenvalue weighted by Crippen LogP contribution is 2.20. The Morgan fingerprint density at radius 1 is 0.964 bits per heavy atom. The Hall–Kier alpha value is -2.77. The van der Waals surface area contributed by atoms with Gasteiger partial charge >= 0.3 is 0 Å². The highest BCUT2D eigenvalue weighted by molar-refractivity contribution is 5.55. The fraction of sp³-hybridized carbons (Fsp3) is 0.381. The van der Waals surface area contributed by atoms with E-state index in [0.29, 0.717) is 18.3 Å². The van der Waals surface area contributed by atoms with E-state index in [1.54, 1.807) is 7.11 Å². The monoisotopic (exact) mass is 379 g/mol. The maximum Gasteiger partial charge on any atom is 0.241 e. The molecule has 0 spiro atoms. The number of ether oxygens (including phenoxy) is 1. The number of hydrogen-bond acceptors (Lipinski definition) is 7. The van der Waals surface area contributed by atoms with Gasteiger partial charge in [0.25, 0.3) is 0 Å². The van der Waals surface area contributed by atoms with Gasteiger partial charge in [-0.3, -0.25) is 9.88 Å². The van der Waals surface area contributed by atoms with Gasteiger partial charge < -0.3 is 14.2 Å². The van der Waals surface area contributed by atoms with Crippen LogP contribution in [0.25, 0.3) is 11.4 Å². The Kier molecular flexibility index (Phi) is 5.94. The fourth-order valence-electron chi connectivity index (χ4n) is 3.38. The minimum atomic E-state index is 0.619. The van der Waals surface area contributed by atoms with E-state index in [9.17, 15) is 0 Å². The van der Waals surface area contributed by atoms with E-state index in [1.807, 2.05) is 36.7 Å². The van der Waals surface area contributed by atoms with Crippen molar-refractivity contribution in [1.29, 1.82) is 0 Å². The van der Waals surface area contributed by atoms with E-state index in [0.717, 1.165) is 50.5 Å². The third kappa shape index (κ3) is 4.74. The summed E-state index contributed by atoms with van der Waals surface area (Å²) in [5.74, 6) is 2.10. The van der Waals surface area contributed by atoms with Crippen LogP contribution in [-0.4, -0.2) is 64.8 Å². The van der Waals surface area contributed by atoms with Crippen LogP contribution in [0.5, 0.6) is 5.75 Å². The van der Waals surface area contributed by atoms with Gasteiger partial charge in [0.2, 0.25) is 11.7 Å². The Morgan fingerprint density at radius 2 is 1.68 bits per heavy atom. The molecule has 7 nitrogen and oxygen atoms in total.